The minimum Gasteiger partial charge on any atom is -0.457 e. The van der Waals surface area contributed by atoms with Gasteiger partial charge in [0.1, 0.15) is 11.5 Å². The van der Waals surface area contributed by atoms with Crippen molar-refractivity contribution in [2.45, 2.75) is 19.3 Å². The van der Waals surface area contributed by atoms with Crippen molar-refractivity contribution in [3.05, 3.63) is 60.2 Å². The lowest BCUT2D eigenvalue weighted by Crippen LogP contribution is -2.16. The van der Waals surface area contributed by atoms with Crippen LogP contribution in [0.2, 0.25) is 0 Å². The van der Waals surface area contributed by atoms with Crippen LogP contribution in [0, 0.1) is 0 Å². The largest absolute Gasteiger partial charge is 0.457 e. The van der Waals surface area contributed by atoms with E-state index in [1.807, 2.05) is 43.4 Å². The number of likely N-dealkylation sites (N-methyl/N-ethyl adjacent to an activating group) is 1. The highest BCUT2D eigenvalue weighted by atomic mass is 16.5. The first-order chi connectivity index (χ1) is 9.33. The van der Waals surface area contributed by atoms with E-state index < -0.39 is 0 Å². The number of hydrogen-bond donors (Lipinski definition) is 1. The van der Waals surface area contributed by atoms with Gasteiger partial charge in [-0.05, 0) is 49.2 Å². The Kier molecular flexibility index (Phi) is 4.99. The van der Waals surface area contributed by atoms with Gasteiger partial charge in [-0.3, -0.25) is 0 Å². The van der Waals surface area contributed by atoms with Gasteiger partial charge in [0.05, 0.1) is 0 Å². The second-order valence-corrected chi connectivity index (χ2v) is 4.65. The van der Waals surface area contributed by atoms with Crippen LogP contribution in [0.3, 0.4) is 0 Å². The minimum atomic E-state index is 0.532. The zero-order valence-electron chi connectivity index (χ0n) is 11.6. The SMILES string of the molecule is CCC(CNC)c1cccc(Oc2ccccc2)c1. The summed E-state index contributed by atoms with van der Waals surface area (Å²) >= 11 is 0. The maximum absolute atomic E-state index is 5.87. The first-order valence-corrected chi connectivity index (χ1v) is 6.81. The van der Waals surface area contributed by atoms with Gasteiger partial charge in [-0.2, -0.15) is 0 Å². The molecule has 0 aliphatic rings. The van der Waals surface area contributed by atoms with Crippen LogP contribution in [0.5, 0.6) is 11.5 Å². The smallest absolute Gasteiger partial charge is 0.127 e. The maximum atomic E-state index is 5.87. The van der Waals surface area contributed by atoms with Crippen LogP contribution in [0.15, 0.2) is 54.6 Å². The van der Waals surface area contributed by atoms with Gasteiger partial charge in [-0.25, -0.2) is 0 Å². The van der Waals surface area contributed by atoms with E-state index in [1.165, 1.54) is 5.56 Å². The Morgan fingerprint density at radius 2 is 1.74 bits per heavy atom. The Balaban J connectivity index is 2.15. The zero-order valence-corrected chi connectivity index (χ0v) is 11.6. The molecule has 0 spiro atoms. The summed E-state index contributed by atoms with van der Waals surface area (Å²) < 4.78 is 5.87. The Morgan fingerprint density at radius 1 is 1.00 bits per heavy atom. The fourth-order valence-corrected chi connectivity index (χ4v) is 2.20. The number of benzene rings is 2. The van der Waals surface area contributed by atoms with Crippen LogP contribution in [0.1, 0.15) is 24.8 Å². The Hall–Kier alpha value is -1.80. The van der Waals surface area contributed by atoms with Gasteiger partial charge < -0.3 is 10.1 Å². The summed E-state index contributed by atoms with van der Waals surface area (Å²) in [5, 5.41) is 3.25. The summed E-state index contributed by atoms with van der Waals surface area (Å²) in [5.41, 5.74) is 1.32. The lowest BCUT2D eigenvalue weighted by molar-refractivity contribution is 0.480. The van der Waals surface area contributed by atoms with Crippen molar-refractivity contribution in [2.75, 3.05) is 13.6 Å². The highest BCUT2D eigenvalue weighted by Crippen LogP contribution is 2.26. The standard InChI is InChI=1S/C17H21NO/c1-3-14(13-18-2)15-8-7-11-17(12-15)19-16-9-5-4-6-10-16/h4-12,14,18H,3,13H2,1-2H3. The van der Waals surface area contributed by atoms with Gasteiger partial charge in [-0.1, -0.05) is 37.3 Å². The predicted molar refractivity (Wildman–Crippen MR) is 79.9 cm³/mol. The molecule has 0 fully saturated rings. The van der Waals surface area contributed by atoms with Crippen molar-refractivity contribution in [2.24, 2.45) is 0 Å². The molecule has 100 valence electrons. The van der Waals surface area contributed by atoms with Crippen LogP contribution >= 0.6 is 0 Å². The van der Waals surface area contributed by atoms with Crippen molar-refractivity contribution < 1.29 is 4.74 Å². The van der Waals surface area contributed by atoms with Gasteiger partial charge >= 0.3 is 0 Å². The molecule has 0 radical (unpaired) electrons. The monoisotopic (exact) mass is 255 g/mol. The lowest BCUT2D eigenvalue weighted by Gasteiger charge is -2.16. The Morgan fingerprint density at radius 3 is 2.42 bits per heavy atom. The van der Waals surface area contributed by atoms with Crippen molar-refractivity contribution in [3.8, 4) is 11.5 Å². The van der Waals surface area contributed by atoms with Crippen molar-refractivity contribution in [1.82, 2.24) is 5.32 Å². The molecule has 0 aromatic heterocycles. The fourth-order valence-electron chi connectivity index (χ4n) is 2.20. The van der Waals surface area contributed by atoms with E-state index in [2.05, 4.69) is 30.4 Å². The normalized spacial score (nSPS) is 12.1. The van der Waals surface area contributed by atoms with Crippen LogP contribution in [-0.2, 0) is 0 Å². The molecule has 1 unspecified atom stereocenters. The highest BCUT2D eigenvalue weighted by Gasteiger charge is 2.09. The molecule has 2 aromatic carbocycles. The molecule has 2 aromatic rings. The highest BCUT2D eigenvalue weighted by molar-refractivity contribution is 5.35. The van der Waals surface area contributed by atoms with Gasteiger partial charge in [0.2, 0.25) is 0 Å². The summed E-state index contributed by atoms with van der Waals surface area (Å²) in [6.07, 6.45) is 1.12. The number of ether oxygens (including phenoxy) is 1. The summed E-state index contributed by atoms with van der Waals surface area (Å²) in [6.45, 7) is 3.21. The van der Waals surface area contributed by atoms with E-state index in [4.69, 9.17) is 4.74 Å². The fraction of sp³-hybridized carbons (Fsp3) is 0.294. The predicted octanol–water partition coefficient (Wildman–Crippen LogP) is 4.19. The second kappa shape index (κ2) is 6.95. The molecule has 0 aliphatic heterocycles. The molecule has 2 nitrogen and oxygen atoms in total. The van der Waals surface area contributed by atoms with Gasteiger partial charge in [0, 0.05) is 6.54 Å². The number of nitrogens with one attached hydrogen (secondary N) is 1. The summed E-state index contributed by atoms with van der Waals surface area (Å²) in [7, 11) is 1.99. The lowest BCUT2D eigenvalue weighted by atomic mass is 9.96. The van der Waals surface area contributed by atoms with Gasteiger partial charge in [0.25, 0.3) is 0 Å². The van der Waals surface area contributed by atoms with Crippen LogP contribution in [0.4, 0.5) is 0 Å². The van der Waals surface area contributed by atoms with E-state index in [9.17, 15) is 0 Å². The van der Waals surface area contributed by atoms with Crippen molar-refractivity contribution in [1.29, 1.82) is 0 Å². The molecular formula is C17H21NO. The molecule has 0 saturated carbocycles. The van der Waals surface area contributed by atoms with E-state index in [0.29, 0.717) is 5.92 Å². The number of para-hydroxylation sites is 1. The van der Waals surface area contributed by atoms with Crippen LogP contribution < -0.4 is 10.1 Å². The van der Waals surface area contributed by atoms with E-state index in [0.717, 1.165) is 24.5 Å². The molecule has 19 heavy (non-hydrogen) atoms. The third-order valence-electron chi connectivity index (χ3n) is 3.25. The Labute approximate surface area is 115 Å². The molecule has 0 aliphatic carbocycles. The molecule has 0 bridgehead atoms. The van der Waals surface area contributed by atoms with E-state index >= 15 is 0 Å². The third kappa shape index (κ3) is 3.83. The van der Waals surface area contributed by atoms with Crippen molar-refractivity contribution >= 4 is 0 Å². The molecule has 0 heterocycles. The minimum absolute atomic E-state index is 0.532. The first kappa shape index (κ1) is 13.6. The molecule has 1 N–H and O–H groups in total. The van der Waals surface area contributed by atoms with E-state index in [-0.39, 0.29) is 0 Å². The summed E-state index contributed by atoms with van der Waals surface area (Å²) in [5.74, 6) is 2.31. The van der Waals surface area contributed by atoms with Crippen molar-refractivity contribution in [3.63, 3.8) is 0 Å². The molecule has 2 heteroatoms. The Bertz CT molecular complexity index is 496. The topological polar surface area (TPSA) is 21.3 Å². The van der Waals surface area contributed by atoms with E-state index in [1.54, 1.807) is 0 Å². The molecule has 0 saturated heterocycles. The van der Waals surface area contributed by atoms with Gasteiger partial charge in [0.15, 0.2) is 0 Å². The average molecular weight is 255 g/mol. The average Bonchev–Trinajstić information content (AvgIpc) is 2.46. The van der Waals surface area contributed by atoms with Gasteiger partial charge in [-0.15, -0.1) is 0 Å². The quantitative estimate of drug-likeness (QED) is 0.835. The number of rotatable bonds is 6. The van der Waals surface area contributed by atoms with Crippen LogP contribution in [0.25, 0.3) is 0 Å². The zero-order chi connectivity index (χ0) is 13.5. The molecule has 2 rings (SSSR count). The van der Waals surface area contributed by atoms with Crippen LogP contribution in [-0.4, -0.2) is 13.6 Å². The summed E-state index contributed by atoms with van der Waals surface area (Å²) in [6, 6.07) is 18.3. The third-order valence-corrected chi connectivity index (χ3v) is 3.25. The molecule has 0 amide bonds. The summed E-state index contributed by atoms with van der Waals surface area (Å²) in [4.78, 5) is 0. The second-order valence-electron chi connectivity index (χ2n) is 4.65. The maximum Gasteiger partial charge on any atom is 0.127 e. The number of hydrogen-bond acceptors (Lipinski definition) is 2. The molecular weight excluding hydrogens is 234 g/mol. The molecule has 1 atom stereocenters. The first-order valence-electron chi connectivity index (χ1n) is 6.81.